The molecule has 1 aliphatic carbocycles. The number of hydrogen-bond donors (Lipinski definition) is 0. The van der Waals surface area contributed by atoms with Crippen LogP contribution in [0.3, 0.4) is 0 Å². The van der Waals surface area contributed by atoms with Gasteiger partial charge in [0.15, 0.2) is 0 Å². The molecule has 1 heteroatoms. The third kappa shape index (κ3) is 2.57. The highest BCUT2D eigenvalue weighted by Crippen LogP contribution is 2.32. The Labute approximate surface area is 128 Å². The molecule has 0 radical (unpaired) electrons. The Morgan fingerprint density at radius 3 is 2.05 bits per heavy atom. The second kappa shape index (κ2) is 5.22. The highest BCUT2D eigenvalue weighted by molar-refractivity contribution is 5.65. The van der Waals surface area contributed by atoms with Gasteiger partial charge in [0.2, 0.25) is 0 Å². The molecular weight excluding hydrogens is 254 g/mol. The van der Waals surface area contributed by atoms with E-state index in [2.05, 4.69) is 75.2 Å². The zero-order chi connectivity index (χ0) is 15.0. The predicted octanol–water partition coefficient (Wildman–Crippen LogP) is 5.24. The number of benzene rings is 2. The van der Waals surface area contributed by atoms with Gasteiger partial charge in [-0.15, -0.1) is 0 Å². The van der Waals surface area contributed by atoms with Gasteiger partial charge in [-0.25, -0.2) is 0 Å². The highest BCUT2D eigenvalue weighted by Gasteiger charge is 2.18. The van der Waals surface area contributed by atoms with Crippen molar-refractivity contribution in [2.24, 2.45) is 0 Å². The molecule has 0 saturated heterocycles. The molecule has 0 aliphatic heterocycles. The summed E-state index contributed by atoms with van der Waals surface area (Å²) in [7, 11) is 2.15. The SMILES string of the molecule is CCC(C)(C)c1ccc(N(C)c2ccc3c(c2)CC3)cc1. The van der Waals surface area contributed by atoms with Gasteiger partial charge in [0.25, 0.3) is 0 Å². The molecule has 0 saturated carbocycles. The first-order valence-corrected chi connectivity index (χ1v) is 7.97. The molecule has 0 N–H and O–H groups in total. The molecular formula is C20H25N. The van der Waals surface area contributed by atoms with Crippen LogP contribution in [0.1, 0.15) is 43.9 Å². The monoisotopic (exact) mass is 279 g/mol. The van der Waals surface area contributed by atoms with Gasteiger partial charge in [0.05, 0.1) is 0 Å². The van der Waals surface area contributed by atoms with Crippen LogP contribution < -0.4 is 4.90 Å². The maximum Gasteiger partial charge on any atom is 0.0411 e. The topological polar surface area (TPSA) is 3.24 Å². The maximum absolute atomic E-state index is 2.34. The molecule has 0 unspecified atom stereocenters. The third-order valence-corrected chi connectivity index (χ3v) is 5.16. The maximum atomic E-state index is 2.34. The Balaban J connectivity index is 1.84. The lowest BCUT2D eigenvalue weighted by molar-refractivity contribution is 0.506. The lowest BCUT2D eigenvalue weighted by Gasteiger charge is -2.27. The molecule has 0 atom stereocenters. The zero-order valence-electron chi connectivity index (χ0n) is 13.6. The van der Waals surface area contributed by atoms with Crippen LogP contribution in [-0.4, -0.2) is 7.05 Å². The van der Waals surface area contributed by atoms with E-state index in [0.29, 0.717) is 0 Å². The van der Waals surface area contributed by atoms with Gasteiger partial charge in [-0.05, 0) is 65.6 Å². The van der Waals surface area contributed by atoms with E-state index in [1.165, 1.54) is 40.9 Å². The average Bonchev–Trinajstić information content (AvgIpc) is 2.48. The predicted molar refractivity (Wildman–Crippen MR) is 91.7 cm³/mol. The van der Waals surface area contributed by atoms with Gasteiger partial charge < -0.3 is 4.90 Å². The lowest BCUT2D eigenvalue weighted by Crippen LogP contribution is -2.16. The summed E-state index contributed by atoms with van der Waals surface area (Å²) in [6.45, 7) is 6.87. The summed E-state index contributed by atoms with van der Waals surface area (Å²) in [6, 6.07) is 15.9. The van der Waals surface area contributed by atoms with Crippen LogP contribution in [0, 0.1) is 0 Å². The van der Waals surface area contributed by atoms with Crippen molar-refractivity contribution in [3.8, 4) is 0 Å². The summed E-state index contributed by atoms with van der Waals surface area (Å²) in [5, 5.41) is 0. The first kappa shape index (κ1) is 14.2. The number of aryl methyl sites for hydroxylation is 2. The van der Waals surface area contributed by atoms with Crippen LogP contribution >= 0.6 is 0 Å². The molecule has 2 aromatic rings. The van der Waals surface area contributed by atoms with E-state index < -0.39 is 0 Å². The Hall–Kier alpha value is -1.76. The molecule has 21 heavy (non-hydrogen) atoms. The second-order valence-corrected chi connectivity index (χ2v) is 6.80. The molecule has 110 valence electrons. The Morgan fingerprint density at radius 1 is 0.905 bits per heavy atom. The molecule has 0 heterocycles. The lowest BCUT2D eigenvalue weighted by atomic mass is 9.82. The quantitative estimate of drug-likeness (QED) is 0.739. The molecule has 0 fully saturated rings. The summed E-state index contributed by atoms with van der Waals surface area (Å²) in [6.07, 6.45) is 3.65. The number of nitrogens with zero attached hydrogens (tertiary/aromatic N) is 1. The molecule has 3 rings (SSSR count). The molecule has 0 spiro atoms. The number of rotatable bonds is 4. The van der Waals surface area contributed by atoms with Crippen molar-refractivity contribution in [3.63, 3.8) is 0 Å². The van der Waals surface area contributed by atoms with E-state index in [-0.39, 0.29) is 5.41 Å². The van der Waals surface area contributed by atoms with Crippen molar-refractivity contribution >= 4 is 11.4 Å². The van der Waals surface area contributed by atoms with Gasteiger partial charge in [-0.2, -0.15) is 0 Å². The van der Waals surface area contributed by atoms with Crippen LogP contribution in [0.2, 0.25) is 0 Å². The fraction of sp³-hybridized carbons (Fsp3) is 0.400. The van der Waals surface area contributed by atoms with Crippen LogP contribution in [0.15, 0.2) is 42.5 Å². The first-order chi connectivity index (χ1) is 10.0. The van der Waals surface area contributed by atoms with E-state index in [0.717, 1.165) is 6.42 Å². The smallest absolute Gasteiger partial charge is 0.0411 e. The minimum atomic E-state index is 0.257. The molecule has 0 aromatic heterocycles. The average molecular weight is 279 g/mol. The van der Waals surface area contributed by atoms with E-state index in [9.17, 15) is 0 Å². The van der Waals surface area contributed by atoms with E-state index >= 15 is 0 Å². The minimum absolute atomic E-state index is 0.257. The minimum Gasteiger partial charge on any atom is -0.345 e. The first-order valence-electron chi connectivity index (χ1n) is 7.97. The van der Waals surface area contributed by atoms with Crippen LogP contribution in [0.5, 0.6) is 0 Å². The fourth-order valence-corrected chi connectivity index (χ4v) is 2.88. The summed E-state index contributed by atoms with van der Waals surface area (Å²) < 4.78 is 0. The largest absolute Gasteiger partial charge is 0.345 e. The normalized spacial score (nSPS) is 13.5. The van der Waals surface area contributed by atoms with Gasteiger partial charge >= 0.3 is 0 Å². The van der Waals surface area contributed by atoms with Crippen molar-refractivity contribution in [2.45, 2.75) is 45.4 Å². The van der Waals surface area contributed by atoms with E-state index in [1.54, 1.807) is 0 Å². The number of anilines is 2. The zero-order valence-corrected chi connectivity index (χ0v) is 13.6. The number of hydrogen-bond acceptors (Lipinski definition) is 1. The van der Waals surface area contributed by atoms with Gasteiger partial charge in [-0.3, -0.25) is 0 Å². The molecule has 0 bridgehead atoms. The summed E-state index contributed by atoms with van der Waals surface area (Å²) >= 11 is 0. The second-order valence-electron chi connectivity index (χ2n) is 6.80. The Kier molecular flexibility index (Phi) is 3.52. The summed E-state index contributed by atoms with van der Waals surface area (Å²) in [5.74, 6) is 0. The van der Waals surface area contributed by atoms with E-state index in [1.807, 2.05) is 0 Å². The third-order valence-electron chi connectivity index (χ3n) is 5.16. The van der Waals surface area contributed by atoms with Crippen LogP contribution in [-0.2, 0) is 18.3 Å². The Bertz CT molecular complexity index is 637. The van der Waals surface area contributed by atoms with E-state index in [4.69, 9.17) is 0 Å². The molecule has 1 aliphatic rings. The molecule has 1 nitrogen and oxygen atoms in total. The standard InChI is InChI=1S/C20H25N/c1-5-20(2,3)17-9-12-18(13-10-17)21(4)19-11-8-15-6-7-16(15)14-19/h8-14H,5-7H2,1-4H3. The van der Waals surface area contributed by atoms with Crippen molar-refractivity contribution in [1.29, 1.82) is 0 Å². The molecule has 2 aromatic carbocycles. The summed E-state index contributed by atoms with van der Waals surface area (Å²) in [4.78, 5) is 2.28. The highest BCUT2D eigenvalue weighted by atomic mass is 15.1. The van der Waals surface area contributed by atoms with Crippen molar-refractivity contribution < 1.29 is 0 Å². The summed E-state index contributed by atoms with van der Waals surface area (Å²) in [5.41, 5.74) is 7.25. The van der Waals surface area contributed by atoms with Gasteiger partial charge in [-0.1, -0.05) is 39.0 Å². The fourth-order valence-electron chi connectivity index (χ4n) is 2.88. The van der Waals surface area contributed by atoms with Crippen molar-refractivity contribution in [3.05, 3.63) is 59.2 Å². The van der Waals surface area contributed by atoms with Gasteiger partial charge in [0, 0.05) is 18.4 Å². The number of fused-ring (bicyclic) bond motifs is 1. The Morgan fingerprint density at radius 2 is 1.52 bits per heavy atom. The van der Waals surface area contributed by atoms with Crippen LogP contribution in [0.25, 0.3) is 0 Å². The van der Waals surface area contributed by atoms with Crippen molar-refractivity contribution in [1.82, 2.24) is 0 Å². The van der Waals surface area contributed by atoms with Crippen molar-refractivity contribution in [2.75, 3.05) is 11.9 Å². The van der Waals surface area contributed by atoms with Gasteiger partial charge in [0.1, 0.15) is 0 Å². The van der Waals surface area contributed by atoms with Crippen LogP contribution in [0.4, 0.5) is 11.4 Å². The molecule has 0 amide bonds.